The van der Waals surface area contributed by atoms with E-state index in [-0.39, 0.29) is 27.6 Å². The van der Waals surface area contributed by atoms with Crippen molar-refractivity contribution < 1.29 is 19.7 Å². The molecular formula is C20H13ClN2O5S. The first-order valence-electron chi connectivity index (χ1n) is 8.31. The average Bonchev–Trinajstić information content (AvgIpc) is 3.25. The number of carbonyl (C=O) groups is 1. The summed E-state index contributed by atoms with van der Waals surface area (Å²) in [6.45, 7) is 0. The number of rotatable bonds is 4. The van der Waals surface area contributed by atoms with Crippen LogP contribution in [-0.4, -0.2) is 32.7 Å². The van der Waals surface area contributed by atoms with Gasteiger partial charge in [0.15, 0.2) is 16.5 Å². The Morgan fingerprint density at radius 3 is 2.66 bits per heavy atom. The summed E-state index contributed by atoms with van der Waals surface area (Å²) in [6.07, 6.45) is 3.22. The van der Waals surface area contributed by atoms with Crippen LogP contribution in [0.1, 0.15) is 15.9 Å². The molecule has 0 bridgehead atoms. The highest BCUT2D eigenvalue weighted by Crippen LogP contribution is 2.35. The predicted molar refractivity (Wildman–Crippen MR) is 110 cm³/mol. The number of carboxylic acid groups (broad SMARTS) is 1. The second-order valence-corrected chi connectivity index (χ2v) is 7.53. The lowest BCUT2D eigenvalue weighted by molar-refractivity contribution is 0.0697. The van der Waals surface area contributed by atoms with Gasteiger partial charge in [0.1, 0.15) is 0 Å². The zero-order chi connectivity index (χ0) is 20.7. The third-order valence-corrected chi connectivity index (χ3v) is 5.61. The molecule has 2 N–H and O–H groups in total. The van der Waals surface area contributed by atoms with Crippen LogP contribution in [-0.2, 0) is 0 Å². The number of fused-ring (bicyclic) bond motifs is 1. The number of methoxy groups -OCH3 is 1. The van der Waals surface area contributed by atoms with E-state index in [2.05, 4.69) is 4.98 Å². The van der Waals surface area contributed by atoms with E-state index in [1.165, 1.54) is 41.0 Å². The predicted octanol–water partition coefficient (Wildman–Crippen LogP) is 3.04. The summed E-state index contributed by atoms with van der Waals surface area (Å²) in [7, 11) is 1.41. The summed E-state index contributed by atoms with van der Waals surface area (Å²) in [5, 5.41) is 19.0. The number of halogens is 1. The standard InChI is InChI=1S/C20H13ClN2O5S/c1-28-15-7-10(6-13(21)17(15)24)8-16-18(25)23-14(9-22-20(23)29-16)11-2-4-12(5-3-11)19(26)27/h2-9,24H,1H3,(H,26,27)/b16-8+. The van der Waals surface area contributed by atoms with Crippen LogP contribution in [0.15, 0.2) is 47.4 Å². The van der Waals surface area contributed by atoms with E-state index in [9.17, 15) is 14.7 Å². The minimum Gasteiger partial charge on any atom is -0.503 e. The Balaban J connectivity index is 1.84. The zero-order valence-corrected chi connectivity index (χ0v) is 16.5. The third kappa shape index (κ3) is 3.32. The smallest absolute Gasteiger partial charge is 0.335 e. The SMILES string of the molecule is COc1cc(/C=c2/sc3ncc(-c4ccc(C(=O)O)cc4)n3c2=O)cc(Cl)c1O. The molecule has 4 aromatic rings. The van der Waals surface area contributed by atoms with Gasteiger partial charge in [0.25, 0.3) is 5.56 Å². The van der Waals surface area contributed by atoms with E-state index in [4.69, 9.17) is 21.4 Å². The number of benzene rings is 2. The second kappa shape index (κ2) is 7.23. The van der Waals surface area contributed by atoms with Crippen LogP contribution < -0.4 is 14.8 Å². The normalized spacial score (nSPS) is 11.9. The number of phenolic OH excluding ortho intramolecular Hbond substituents is 1. The van der Waals surface area contributed by atoms with Gasteiger partial charge in [-0.1, -0.05) is 35.1 Å². The van der Waals surface area contributed by atoms with Crippen molar-refractivity contribution in [1.82, 2.24) is 9.38 Å². The number of aromatic hydroxyl groups is 1. The third-order valence-electron chi connectivity index (χ3n) is 4.34. The maximum atomic E-state index is 13.0. The van der Waals surface area contributed by atoms with Crippen LogP contribution in [0.2, 0.25) is 5.02 Å². The molecule has 0 aliphatic rings. The fraction of sp³-hybridized carbons (Fsp3) is 0.0500. The summed E-state index contributed by atoms with van der Waals surface area (Å²) < 4.78 is 7.00. The molecule has 2 aromatic carbocycles. The van der Waals surface area contributed by atoms with Gasteiger partial charge in [-0.3, -0.25) is 4.79 Å². The number of ether oxygens (including phenoxy) is 1. The van der Waals surface area contributed by atoms with E-state index < -0.39 is 5.97 Å². The fourth-order valence-corrected chi connectivity index (χ4v) is 4.09. The van der Waals surface area contributed by atoms with Crippen molar-refractivity contribution in [3.05, 3.63) is 73.6 Å². The molecule has 2 aromatic heterocycles. The highest BCUT2D eigenvalue weighted by Gasteiger charge is 2.14. The second-order valence-electron chi connectivity index (χ2n) is 6.11. The van der Waals surface area contributed by atoms with E-state index in [0.717, 1.165) is 0 Å². The number of hydrogen-bond donors (Lipinski definition) is 2. The van der Waals surface area contributed by atoms with Crippen LogP contribution >= 0.6 is 22.9 Å². The Morgan fingerprint density at radius 1 is 1.28 bits per heavy atom. The Morgan fingerprint density at radius 2 is 2.00 bits per heavy atom. The first-order chi connectivity index (χ1) is 13.9. The molecule has 0 fully saturated rings. The lowest BCUT2D eigenvalue weighted by Gasteiger charge is -2.05. The average molecular weight is 429 g/mol. The maximum absolute atomic E-state index is 13.0. The number of imidazole rings is 1. The summed E-state index contributed by atoms with van der Waals surface area (Å²) in [5.74, 6) is -0.978. The van der Waals surface area contributed by atoms with Crippen molar-refractivity contribution in [3.63, 3.8) is 0 Å². The first-order valence-corrected chi connectivity index (χ1v) is 9.50. The van der Waals surface area contributed by atoms with Crippen molar-refractivity contribution >= 4 is 39.9 Å². The molecule has 4 rings (SSSR count). The Kier molecular flexibility index (Phi) is 4.73. The van der Waals surface area contributed by atoms with Crippen LogP contribution in [0, 0.1) is 0 Å². The highest BCUT2D eigenvalue weighted by atomic mass is 35.5. The van der Waals surface area contributed by atoms with Crippen molar-refractivity contribution in [3.8, 4) is 22.8 Å². The molecule has 29 heavy (non-hydrogen) atoms. The monoisotopic (exact) mass is 428 g/mol. The summed E-state index contributed by atoms with van der Waals surface area (Å²) in [4.78, 5) is 28.8. The van der Waals surface area contributed by atoms with Crippen LogP contribution in [0.25, 0.3) is 22.3 Å². The molecule has 0 saturated carbocycles. The van der Waals surface area contributed by atoms with Gasteiger partial charge in [-0.05, 0) is 35.9 Å². The van der Waals surface area contributed by atoms with Gasteiger partial charge in [-0.15, -0.1) is 0 Å². The molecular weight excluding hydrogens is 416 g/mol. The number of aromatic nitrogens is 2. The Hall–Kier alpha value is -3.36. The van der Waals surface area contributed by atoms with Crippen LogP contribution in [0.5, 0.6) is 11.5 Å². The van der Waals surface area contributed by atoms with Gasteiger partial charge >= 0.3 is 5.97 Å². The Labute approximate surface area is 172 Å². The molecule has 0 amide bonds. The van der Waals surface area contributed by atoms with Crippen LogP contribution in [0.3, 0.4) is 0 Å². The van der Waals surface area contributed by atoms with E-state index >= 15 is 0 Å². The van der Waals surface area contributed by atoms with Gasteiger partial charge in [-0.2, -0.15) is 0 Å². The van der Waals surface area contributed by atoms with Crippen molar-refractivity contribution in [2.75, 3.05) is 7.11 Å². The molecule has 2 heterocycles. The number of aromatic carboxylic acids is 1. The number of thiazole rings is 1. The quantitative estimate of drug-likeness (QED) is 0.518. The fourth-order valence-electron chi connectivity index (χ4n) is 2.92. The van der Waals surface area contributed by atoms with Gasteiger partial charge in [0.05, 0.1) is 34.1 Å². The van der Waals surface area contributed by atoms with E-state index in [1.807, 2.05) is 0 Å². The largest absolute Gasteiger partial charge is 0.503 e. The molecule has 0 atom stereocenters. The molecule has 146 valence electrons. The number of phenols is 1. The highest BCUT2D eigenvalue weighted by molar-refractivity contribution is 7.15. The van der Waals surface area contributed by atoms with Crippen molar-refractivity contribution in [1.29, 1.82) is 0 Å². The maximum Gasteiger partial charge on any atom is 0.335 e. The molecule has 0 unspecified atom stereocenters. The Bertz CT molecular complexity index is 1360. The van der Waals surface area contributed by atoms with Gasteiger partial charge in [0.2, 0.25) is 0 Å². The summed E-state index contributed by atoms with van der Waals surface area (Å²) >= 11 is 7.23. The zero-order valence-electron chi connectivity index (χ0n) is 14.9. The lowest BCUT2D eigenvalue weighted by atomic mass is 10.1. The van der Waals surface area contributed by atoms with Gasteiger partial charge in [-0.25, -0.2) is 14.2 Å². The lowest BCUT2D eigenvalue weighted by Crippen LogP contribution is -2.23. The number of hydrogen-bond acceptors (Lipinski definition) is 6. The molecule has 0 spiro atoms. The first kappa shape index (κ1) is 19.0. The minimum absolute atomic E-state index is 0.114. The summed E-state index contributed by atoms with van der Waals surface area (Å²) in [5.41, 5.74) is 1.74. The van der Waals surface area contributed by atoms with Gasteiger partial charge < -0.3 is 14.9 Å². The molecule has 0 radical (unpaired) electrons. The minimum atomic E-state index is -1.02. The van der Waals surface area contributed by atoms with E-state index in [1.54, 1.807) is 30.5 Å². The molecule has 9 heteroatoms. The van der Waals surface area contributed by atoms with Gasteiger partial charge in [0, 0.05) is 5.56 Å². The van der Waals surface area contributed by atoms with Crippen molar-refractivity contribution in [2.45, 2.75) is 0 Å². The van der Waals surface area contributed by atoms with Crippen LogP contribution in [0.4, 0.5) is 0 Å². The molecule has 7 nitrogen and oxygen atoms in total. The molecule has 0 aliphatic heterocycles. The van der Waals surface area contributed by atoms with E-state index in [0.29, 0.717) is 26.3 Å². The summed E-state index contributed by atoms with van der Waals surface area (Å²) in [6, 6.07) is 9.34. The topological polar surface area (TPSA) is 101 Å². The number of carboxylic acids is 1. The molecule has 0 aliphatic carbocycles. The number of nitrogens with zero attached hydrogens (tertiary/aromatic N) is 2. The van der Waals surface area contributed by atoms with Crippen molar-refractivity contribution in [2.24, 2.45) is 0 Å². The molecule has 0 saturated heterocycles.